The molecule has 2 aliphatic rings. The number of carboxylic acid groups (broad SMARTS) is 1. The van der Waals surface area contributed by atoms with E-state index in [1.165, 1.54) is 16.6 Å². The van der Waals surface area contributed by atoms with Gasteiger partial charge in [-0.2, -0.15) is 0 Å². The summed E-state index contributed by atoms with van der Waals surface area (Å²) in [5.74, 6) is -1.41. The lowest BCUT2D eigenvalue weighted by Gasteiger charge is -2.25. The second kappa shape index (κ2) is 8.58. The highest BCUT2D eigenvalue weighted by molar-refractivity contribution is 6.17. The smallest absolute Gasteiger partial charge is 0.339 e. The van der Waals surface area contributed by atoms with Crippen molar-refractivity contribution in [2.24, 2.45) is 7.05 Å². The lowest BCUT2D eigenvalue weighted by molar-refractivity contribution is -0.134. The Hall–Kier alpha value is -2.70. The van der Waals surface area contributed by atoms with Gasteiger partial charge in [-0.15, -0.1) is 0 Å². The van der Waals surface area contributed by atoms with Crippen LogP contribution in [0.5, 0.6) is 0 Å². The van der Waals surface area contributed by atoms with Crippen molar-refractivity contribution in [1.82, 2.24) is 15.2 Å². The van der Waals surface area contributed by atoms with E-state index in [1.807, 2.05) is 6.92 Å². The van der Waals surface area contributed by atoms with Crippen LogP contribution in [-0.2, 0) is 16.6 Å². The number of nitrogens with one attached hydrogen (secondary N) is 2. The Bertz CT molecular complexity index is 1060. The number of allylic oxidation sites excluding steroid dienone is 3. The summed E-state index contributed by atoms with van der Waals surface area (Å²) in [6.45, 7) is 4.88. The Balaban J connectivity index is 1.79. The predicted molar refractivity (Wildman–Crippen MR) is 118 cm³/mol. The number of carboxylic acids is 1. The van der Waals surface area contributed by atoms with E-state index in [2.05, 4.69) is 46.5 Å². The fourth-order valence-corrected chi connectivity index (χ4v) is 4.64. The van der Waals surface area contributed by atoms with Crippen molar-refractivity contribution >= 4 is 28.2 Å². The molecular formula is C24H29N3O3. The number of fused-ring (bicyclic) bond motifs is 1. The zero-order valence-corrected chi connectivity index (χ0v) is 17.6. The number of carbonyl (C=O) groups is 2. The summed E-state index contributed by atoms with van der Waals surface area (Å²) in [4.78, 5) is 23.8. The number of carbonyl (C=O) groups excluding carboxylic acids is 1. The lowest BCUT2D eigenvalue weighted by atomic mass is 9.88. The molecule has 1 aliphatic carbocycles. The van der Waals surface area contributed by atoms with Gasteiger partial charge in [0.05, 0.1) is 6.04 Å². The molecule has 3 N–H and O–H groups in total. The van der Waals surface area contributed by atoms with E-state index in [1.54, 1.807) is 6.08 Å². The minimum atomic E-state index is -1.14. The van der Waals surface area contributed by atoms with Crippen LogP contribution in [0.4, 0.5) is 0 Å². The molecule has 0 bridgehead atoms. The molecule has 1 aromatic carbocycles. The van der Waals surface area contributed by atoms with Crippen molar-refractivity contribution in [2.75, 3.05) is 19.6 Å². The molecule has 6 nitrogen and oxygen atoms in total. The summed E-state index contributed by atoms with van der Waals surface area (Å²) in [7, 11) is 2.10. The summed E-state index contributed by atoms with van der Waals surface area (Å²) < 4.78 is 2.25. The topological polar surface area (TPSA) is 83.4 Å². The number of aromatic nitrogens is 1. The first-order chi connectivity index (χ1) is 14.5. The molecule has 0 radical (unpaired) electrons. The summed E-state index contributed by atoms with van der Waals surface area (Å²) in [5.41, 5.74) is 5.55. The molecule has 0 spiro atoms. The molecule has 2 aromatic rings. The van der Waals surface area contributed by atoms with Gasteiger partial charge in [0.1, 0.15) is 5.57 Å². The van der Waals surface area contributed by atoms with Crippen molar-refractivity contribution in [3.8, 4) is 0 Å². The Kier molecular flexibility index (Phi) is 5.88. The fourth-order valence-electron chi connectivity index (χ4n) is 4.64. The van der Waals surface area contributed by atoms with Crippen LogP contribution in [-0.4, -0.2) is 41.1 Å². The summed E-state index contributed by atoms with van der Waals surface area (Å²) in [5, 5.41) is 17.7. The third-order valence-electron chi connectivity index (χ3n) is 6.27. The SMILES string of the molecule is CCC1=C(c2ccc3c(c2)cc(C2CNCCN2)n3C)CCCC(=O)C(C(=O)O)=C1. The molecule has 6 heteroatoms. The molecule has 1 unspecified atom stereocenters. The van der Waals surface area contributed by atoms with Gasteiger partial charge in [-0.3, -0.25) is 4.79 Å². The number of aryl methyl sites for hydroxylation is 1. The summed E-state index contributed by atoms with van der Waals surface area (Å²) in [6.07, 6.45) is 4.00. The molecule has 30 heavy (non-hydrogen) atoms. The van der Waals surface area contributed by atoms with E-state index in [9.17, 15) is 14.7 Å². The van der Waals surface area contributed by atoms with Crippen LogP contribution in [0.25, 0.3) is 16.5 Å². The minimum Gasteiger partial charge on any atom is -0.478 e. The van der Waals surface area contributed by atoms with Crippen LogP contribution in [0.2, 0.25) is 0 Å². The van der Waals surface area contributed by atoms with Gasteiger partial charge in [-0.05, 0) is 60.2 Å². The first-order valence-corrected chi connectivity index (χ1v) is 10.7. The standard InChI is InChI=1S/C24H29N3O3/c1-3-15-12-19(24(29)30)23(28)6-4-5-18(15)16-7-8-21-17(11-16)13-22(27(21)2)20-14-25-9-10-26-20/h7-8,11-13,20,25-26H,3-6,9-10,14H2,1-2H3,(H,29,30). The molecule has 1 fully saturated rings. The van der Waals surface area contributed by atoms with Gasteiger partial charge in [0.25, 0.3) is 0 Å². The maximum Gasteiger partial charge on any atom is 0.339 e. The number of hydrogen-bond donors (Lipinski definition) is 3. The second-order valence-electron chi connectivity index (χ2n) is 8.11. The highest BCUT2D eigenvalue weighted by atomic mass is 16.4. The van der Waals surface area contributed by atoms with Crippen LogP contribution in [0.1, 0.15) is 49.9 Å². The van der Waals surface area contributed by atoms with Crippen LogP contribution >= 0.6 is 0 Å². The van der Waals surface area contributed by atoms with E-state index in [-0.39, 0.29) is 17.8 Å². The van der Waals surface area contributed by atoms with Gasteiger partial charge in [-0.1, -0.05) is 13.0 Å². The van der Waals surface area contributed by atoms with Crippen LogP contribution in [0.3, 0.4) is 0 Å². The average Bonchev–Trinajstić information content (AvgIpc) is 3.07. The highest BCUT2D eigenvalue weighted by Gasteiger charge is 2.22. The molecule has 1 atom stereocenters. The molecule has 4 rings (SSSR count). The molecule has 2 heterocycles. The molecule has 1 saturated heterocycles. The van der Waals surface area contributed by atoms with Gasteiger partial charge in [0.15, 0.2) is 5.78 Å². The Morgan fingerprint density at radius 1 is 1.23 bits per heavy atom. The number of rotatable bonds is 4. The Morgan fingerprint density at radius 2 is 2.07 bits per heavy atom. The predicted octanol–water partition coefficient (Wildman–Crippen LogP) is 3.34. The Morgan fingerprint density at radius 3 is 2.77 bits per heavy atom. The number of hydrogen-bond acceptors (Lipinski definition) is 4. The van der Waals surface area contributed by atoms with E-state index in [0.29, 0.717) is 18.9 Å². The van der Waals surface area contributed by atoms with Gasteiger partial charge in [0.2, 0.25) is 0 Å². The first-order valence-electron chi connectivity index (χ1n) is 10.7. The normalized spacial score (nSPS) is 20.8. The maximum atomic E-state index is 12.2. The second-order valence-corrected chi connectivity index (χ2v) is 8.11. The summed E-state index contributed by atoms with van der Waals surface area (Å²) in [6, 6.07) is 9.02. The van der Waals surface area contributed by atoms with Gasteiger partial charge in [-0.25, -0.2) is 4.79 Å². The third-order valence-corrected chi connectivity index (χ3v) is 6.27. The lowest BCUT2D eigenvalue weighted by Crippen LogP contribution is -2.43. The van der Waals surface area contributed by atoms with Gasteiger partial charge in [0, 0.05) is 49.7 Å². The maximum absolute atomic E-state index is 12.2. The van der Waals surface area contributed by atoms with Crippen molar-refractivity contribution in [3.05, 3.63) is 52.7 Å². The zero-order chi connectivity index (χ0) is 21.3. The highest BCUT2D eigenvalue weighted by Crippen LogP contribution is 2.33. The number of nitrogens with zero attached hydrogens (tertiary/aromatic N) is 1. The van der Waals surface area contributed by atoms with E-state index < -0.39 is 5.97 Å². The van der Waals surface area contributed by atoms with Crippen LogP contribution in [0, 0.1) is 0 Å². The molecule has 1 aromatic heterocycles. The average molecular weight is 408 g/mol. The number of piperazine rings is 1. The zero-order valence-electron chi connectivity index (χ0n) is 17.6. The third kappa shape index (κ3) is 3.85. The van der Waals surface area contributed by atoms with E-state index in [4.69, 9.17) is 0 Å². The van der Waals surface area contributed by atoms with Crippen molar-refractivity contribution < 1.29 is 14.7 Å². The number of benzene rings is 1. The number of ketones is 1. The van der Waals surface area contributed by atoms with E-state index >= 15 is 0 Å². The van der Waals surface area contributed by atoms with Crippen molar-refractivity contribution in [2.45, 2.75) is 38.6 Å². The minimum absolute atomic E-state index is 0.0944. The molecule has 0 amide bonds. The van der Waals surface area contributed by atoms with Crippen molar-refractivity contribution in [3.63, 3.8) is 0 Å². The Labute approximate surface area is 176 Å². The first kappa shape index (κ1) is 20.6. The molecular weight excluding hydrogens is 378 g/mol. The number of Topliss-reactive ketones (excluding diaryl/α,β-unsaturated/α-hetero) is 1. The monoisotopic (exact) mass is 407 g/mol. The number of aliphatic carboxylic acids is 1. The molecule has 1 aliphatic heterocycles. The van der Waals surface area contributed by atoms with Crippen LogP contribution in [0.15, 0.2) is 41.5 Å². The van der Waals surface area contributed by atoms with E-state index in [0.717, 1.165) is 42.8 Å². The van der Waals surface area contributed by atoms with Crippen molar-refractivity contribution in [1.29, 1.82) is 0 Å². The summed E-state index contributed by atoms with van der Waals surface area (Å²) >= 11 is 0. The molecule has 158 valence electrons. The van der Waals surface area contributed by atoms with Crippen LogP contribution < -0.4 is 10.6 Å². The largest absolute Gasteiger partial charge is 0.478 e. The quantitative estimate of drug-likeness (QED) is 0.677. The van der Waals surface area contributed by atoms with Gasteiger partial charge >= 0.3 is 5.97 Å². The fraction of sp³-hybridized carbons (Fsp3) is 0.417. The molecule has 0 saturated carbocycles. The van der Waals surface area contributed by atoms with Gasteiger partial charge < -0.3 is 20.3 Å².